The molecule has 0 aliphatic carbocycles. The fourth-order valence-electron chi connectivity index (χ4n) is 5.49. The van der Waals surface area contributed by atoms with Crippen molar-refractivity contribution in [2.24, 2.45) is 5.92 Å². The third-order valence-electron chi connectivity index (χ3n) is 8.27. The van der Waals surface area contributed by atoms with Gasteiger partial charge in [0.2, 0.25) is 12.3 Å². The number of benzene rings is 2. The predicted octanol–water partition coefficient (Wildman–Crippen LogP) is 2.78. The number of phenolic OH excluding ortho intramolecular Hbond substituents is 1. The van der Waals surface area contributed by atoms with Crippen molar-refractivity contribution in [2.45, 2.75) is 64.5 Å². The lowest BCUT2D eigenvalue weighted by Gasteiger charge is -2.31. The molecule has 0 saturated carbocycles. The second-order valence-corrected chi connectivity index (χ2v) is 12.2. The summed E-state index contributed by atoms with van der Waals surface area (Å²) in [6.45, 7) is 2.40. The maximum atomic E-state index is 13.5. The number of ether oxygens (including phenoxy) is 1. The Hall–Kier alpha value is -6.92. The highest BCUT2D eigenvalue weighted by Gasteiger charge is 2.34. The Bertz CT molecular complexity index is 1910. The van der Waals surface area contributed by atoms with Crippen molar-refractivity contribution in [3.8, 4) is 22.8 Å². The lowest BCUT2D eigenvalue weighted by atomic mass is 9.90. The molecule has 0 spiro atoms. The van der Waals surface area contributed by atoms with Gasteiger partial charge >= 0.3 is 23.9 Å². The number of para-hydroxylation sites is 1. The Morgan fingerprint density at radius 1 is 0.875 bits per heavy atom. The number of rotatable bonds is 23. The van der Waals surface area contributed by atoms with Crippen LogP contribution in [0.1, 0.15) is 83.6 Å². The van der Waals surface area contributed by atoms with E-state index < -0.39 is 72.6 Å². The summed E-state index contributed by atoms with van der Waals surface area (Å²) in [5, 5.41) is 45.3. The van der Waals surface area contributed by atoms with Crippen LogP contribution in [0, 0.1) is 5.92 Å². The average Bonchev–Trinajstić information content (AvgIpc) is 3.66. The summed E-state index contributed by atoms with van der Waals surface area (Å²) in [5.74, 6) is -9.54. The molecule has 1 aromatic heterocycles. The van der Waals surface area contributed by atoms with Crippen LogP contribution >= 0.6 is 0 Å². The first-order valence-electron chi connectivity index (χ1n) is 17.3. The van der Waals surface area contributed by atoms with Crippen molar-refractivity contribution in [1.82, 2.24) is 21.0 Å². The topological polar surface area (TPSA) is 288 Å². The number of hydrogen-bond donors (Lipinski definition) is 7. The number of nitrogens with one attached hydrogen (secondary N) is 3. The molecular formula is C37H42N4O15. The third kappa shape index (κ3) is 12.3. The van der Waals surface area contributed by atoms with Gasteiger partial charge in [0.25, 0.3) is 11.8 Å². The SMILES string of the molecule is CCCCC[C@@H](C(=O)NCNC(=O)c1ccc(-c2ccc(C(=O)N[C@@H](CC(=O)O)C(=O)O)c(OCC(=O)O)c2)o1)[C@@H](CC)N(C=O)OC(=O)c1ccccc1O. The van der Waals surface area contributed by atoms with E-state index in [9.17, 15) is 48.6 Å². The lowest BCUT2D eigenvalue weighted by molar-refractivity contribution is -0.171. The Kier molecular flexibility index (Phi) is 16.4. The molecule has 2 aromatic carbocycles. The Morgan fingerprint density at radius 3 is 2.23 bits per heavy atom. The monoisotopic (exact) mass is 782 g/mol. The number of amides is 4. The van der Waals surface area contributed by atoms with E-state index in [2.05, 4.69) is 16.0 Å². The first-order chi connectivity index (χ1) is 26.7. The first kappa shape index (κ1) is 43.5. The van der Waals surface area contributed by atoms with Crippen molar-refractivity contribution in [2.75, 3.05) is 13.3 Å². The molecule has 19 nitrogen and oxygen atoms in total. The normalized spacial score (nSPS) is 12.2. The van der Waals surface area contributed by atoms with E-state index in [0.29, 0.717) is 12.8 Å². The molecule has 3 rings (SSSR count). The molecule has 300 valence electrons. The number of nitrogens with zero attached hydrogens (tertiary/aromatic N) is 1. The van der Waals surface area contributed by atoms with Gasteiger partial charge in [0.1, 0.15) is 28.9 Å². The molecule has 4 amide bonds. The van der Waals surface area contributed by atoms with Gasteiger partial charge in [-0.15, -0.1) is 0 Å². The van der Waals surface area contributed by atoms with Gasteiger partial charge in [-0.05, 0) is 49.2 Å². The number of carboxylic acid groups (broad SMARTS) is 3. The molecule has 56 heavy (non-hydrogen) atoms. The van der Waals surface area contributed by atoms with Crippen LogP contribution in [0.2, 0.25) is 0 Å². The molecule has 0 aliphatic rings. The van der Waals surface area contributed by atoms with E-state index in [1.54, 1.807) is 6.92 Å². The molecule has 0 saturated heterocycles. The Morgan fingerprint density at radius 2 is 1.61 bits per heavy atom. The highest BCUT2D eigenvalue weighted by atomic mass is 16.7. The zero-order chi connectivity index (χ0) is 41.4. The lowest BCUT2D eigenvalue weighted by Crippen LogP contribution is -2.49. The standard InChI is InChI=1S/C37H42N4O15/c1-3-5-6-9-22(26(4-2)41(20-42)56-37(53)23-10-7-8-11-27(23)43)33(48)38-19-39-35(50)29-15-14-28(55-29)21-12-13-24(30(16-21)54-18-32(46)47)34(49)40-25(36(51)52)17-31(44)45/h7-8,10-16,20,22,25-26,43H,3-6,9,17-19H2,1-2H3,(H,38,48)(H,39,50)(H,40,49)(H,44,45)(H,46,47)(H,51,52)/t22-,25+,26-/m1/s1. The molecule has 0 bridgehead atoms. The van der Waals surface area contributed by atoms with E-state index in [1.165, 1.54) is 48.5 Å². The summed E-state index contributed by atoms with van der Waals surface area (Å²) in [6, 6.07) is 9.31. The van der Waals surface area contributed by atoms with Gasteiger partial charge in [0, 0.05) is 5.56 Å². The molecule has 3 aromatic rings. The van der Waals surface area contributed by atoms with Gasteiger partial charge in [-0.25, -0.2) is 14.4 Å². The largest absolute Gasteiger partial charge is 0.507 e. The molecule has 0 fully saturated rings. The van der Waals surface area contributed by atoms with Gasteiger partial charge in [-0.1, -0.05) is 51.3 Å². The summed E-state index contributed by atoms with van der Waals surface area (Å²) < 4.78 is 10.9. The predicted molar refractivity (Wildman–Crippen MR) is 192 cm³/mol. The van der Waals surface area contributed by atoms with E-state index in [1.807, 2.05) is 6.92 Å². The zero-order valence-corrected chi connectivity index (χ0v) is 30.4. The van der Waals surface area contributed by atoms with Crippen molar-refractivity contribution < 1.29 is 72.8 Å². The number of phenols is 1. The van der Waals surface area contributed by atoms with Crippen LogP contribution in [0.5, 0.6) is 11.5 Å². The van der Waals surface area contributed by atoms with Crippen LogP contribution in [0.25, 0.3) is 11.3 Å². The number of hydroxylamine groups is 2. The minimum Gasteiger partial charge on any atom is -0.507 e. The maximum absolute atomic E-state index is 13.5. The minimum atomic E-state index is -1.80. The van der Waals surface area contributed by atoms with Crippen LogP contribution in [0.4, 0.5) is 0 Å². The van der Waals surface area contributed by atoms with Crippen LogP contribution in [0.3, 0.4) is 0 Å². The molecule has 7 N–H and O–H groups in total. The van der Waals surface area contributed by atoms with Crippen LogP contribution < -0.4 is 20.7 Å². The van der Waals surface area contributed by atoms with Gasteiger partial charge in [-0.2, -0.15) is 5.06 Å². The quantitative estimate of drug-likeness (QED) is 0.0315. The third-order valence-corrected chi connectivity index (χ3v) is 8.27. The number of furan rings is 1. The van der Waals surface area contributed by atoms with E-state index in [-0.39, 0.29) is 59.2 Å². The van der Waals surface area contributed by atoms with E-state index in [4.69, 9.17) is 24.2 Å². The van der Waals surface area contributed by atoms with Crippen LogP contribution in [-0.2, 0) is 28.8 Å². The van der Waals surface area contributed by atoms with Crippen molar-refractivity contribution >= 4 is 48.0 Å². The molecular weight excluding hydrogens is 740 g/mol. The number of carboxylic acids is 3. The summed E-state index contributed by atoms with van der Waals surface area (Å²) >= 11 is 0. The van der Waals surface area contributed by atoms with Crippen LogP contribution in [0.15, 0.2) is 59.0 Å². The number of hydrogen-bond acceptors (Lipinski definition) is 12. The van der Waals surface area contributed by atoms with Crippen molar-refractivity contribution in [1.29, 1.82) is 0 Å². The molecule has 0 radical (unpaired) electrons. The minimum absolute atomic E-state index is 0.0645. The Balaban J connectivity index is 1.73. The second-order valence-electron chi connectivity index (χ2n) is 12.2. The van der Waals surface area contributed by atoms with Crippen molar-refractivity contribution in [3.63, 3.8) is 0 Å². The van der Waals surface area contributed by atoms with Gasteiger partial charge in [0.05, 0.1) is 30.6 Å². The smallest absolute Gasteiger partial charge is 0.366 e. The maximum Gasteiger partial charge on any atom is 0.366 e. The molecule has 3 atom stereocenters. The average molecular weight is 783 g/mol. The molecule has 0 aliphatic heterocycles. The first-order valence-corrected chi connectivity index (χ1v) is 17.3. The Labute approximate surface area is 319 Å². The molecule has 1 heterocycles. The zero-order valence-electron chi connectivity index (χ0n) is 30.4. The van der Waals surface area contributed by atoms with E-state index in [0.717, 1.165) is 24.0 Å². The second kappa shape index (κ2) is 21.1. The summed E-state index contributed by atoms with van der Waals surface area (Å²) in [6.07, 6.45) is 2.09. The summed E-state index contributed by atoms with van der Waals surface area (Å²) in [5.41, 5.74) is -0.282. The number of aliphatic carboxylic acids is 3. The van der Waals surface area contributed by atoms with Gasteiger partial charge in [0.15, 0.2) is 12.4 Å². The summed E-state index contributed by atoms with van der Waals surface area (Å²) in [7, 11) is 0. The van der Waals surface area contributed by atoms with E-state index >= 15 is 0 Å². The summed E-state index contributed by atoms with van der Waals surface area (Å²) in [4.78, 5) is 103. The number of aromatic hydroxyl groups is 1. The van der Waals surface area contributed by atoms with Crippen LogP contribution in [-0.4, -0.2) is 98.9 Å². The number of carbonyl (C=O) groups is 8. The molecule has 19 heteroatoms. The molecule has 0 unspecified atom stereocenters. The number of carbonyl (C=O) groups excluding carboxylic acids is 5. The highest BCUT2D eigenvalue weighted by Crippen LogP contribution is 2.30. The fraction of sp³-hybridized carbons (Fsp3) is 0.351. The number of unbranched alkanes of at least 4 members (excludes halogenated alkanes) is 2. The highest BCUT2D eigenvalue weighted by molar-refractivity contribution is 6.00. The van der Waals surface area contributed by atoms with Crippen molar-refractivity contribution in [3.05, 3.63) is 71.5 Å². The van der Waals surface area contributed by atoms with Gasteiger partial charge in [-0.3, -0.25) is 24.0 Å². The van der Waals surface area contributed by atoms with Gasteiger partial charge < -0.3 is 50.4 Å². The fourth-order valence-corrected chi connectivity index (χ4v) is 5.49.